The lowest BCUT2D eigenvalue weighted by atomic mass is 10.3. The number of nitrogens with one attached hydrogen (secondary N) is 1. The number of nitrogens with zero attached hydrogens (tertiary/aromatic N) is 4. The van der Waals surface area contributed by atoms with Gasteiger partial charge in [-0.15, -0.1) is 11.3 Å². The molecule has 0 radical (unpaired) electrons. The van der Waals surface area contributed by atoms with Crippen molar-refractivity contribution in [2.24, 2.45) is 4.99 Å². The van der Waals surface area contributed by atoms with E-state index in [4.69, 9.17) is 9.73 Å². The molecule has 0 bridgehead atoms. The number of benzene rings is 1. The lowest BCUT2D eigenvalue weighted by Crippen LogP contribution is -2.53. The molecule has 0 unspecified atom stereocenters. The van der Waals surface area contributed by atoms with E-state index in [2.05, 4.69) is 33.9 Å². The topological polar surface area (TPSA) is 53.0 Å². The molecule has 28 heavy (non-hydrogen) atoms. The van der Waals surface area contributed by atoms with E-state index in [1.807, 2.05) is 36.5 Å². The number of hydrogen-bond donors (Lipinski definition) is 1. The molecule has 0 atom stereocenters. The lowest BCUT2D eigenvalue weighted by molar-refractivity contribution is 0.152. The van der Waals surface area contributed by atoms with Gasteiger partial charge in [0.05, 0.1) is 5.01 Å². The van der Waals surface area contributed by atoms with Gasteiger partial charge in [-0.05, 0) is 26.0 Å². The Bertz CT molecular complexity index is 725. The van der Waals surface area contributed by atoms with Gasteiger partial charge in [0, 0.05) is 63.3 Å². The summed E-state index contributed by atoms with van der Waals surface area (Å²) in [6.07, 6.45) is 2.85. The zero-order valence-corrected chi connectivity index (χ0v) is 17.7. The molecule has 1 fully saturated rings. The molecule has 1 aromatic heterocycles. The molecular weight excluding hydrogens is 370 g/mol. The van der Waals surface area contributed by atoms with Gasteiger partial charge in [-0.2, -0.15) is 0 Å². The van der Waals surface area contributed by atoms with Crippen molar-refractivity contribution in [1.29, 1.82) is 0 Å². The molecular formula is C21H31N5OS. The summed E-state index contributed by atoms with van der Waals surface area (Å²) in [6, 6.07) is 10.0. The van der Waals surface area contributed by atoms with Gasteiger partial charge in [0.15, 0.2) is 5.96 Å². The summed E-state index contributed by atoms with van der Waals surface area (Å²) >= 11 is 1.76. The first-order chi connectivity index (χ1) is 13.7. The van der Waals surface area contributed by atoms with Gasteiger partial charge in [-0.25, -0.2) is 4.98 Å². The minimum atomic E-state index is 0.728. The summed E-state index contributed by atoms with van der Waals surface area (Å²) in [5.74, 6) is 1.97. The third kappa shape index (κ3) is 6.49. The number of para-hydroxylation sites is 1. The normalized spacial score (nSPS) is 15.6. The van der Waals surface area contributed by atoms with Crippen LogP contribution in [0, 0.1) is 6.92 Å². The van der Waals surface area contributed by atoms with Crippen LogP contribution in [0.3, 0.4) is 0 Å². The maximum absolute atomic E-state index is 5.82. The van der Waals surface area contributed by atoms with Crippen molar-refractivity contribution in [2.75, 3.05) is 52.4 Å². The SMILES string of the molecule is CCNC(=NCCc1ncc(C)s1)N1CCN(CCOc2ccccc2)CC1. The molecule has 7 heteroatoms. The number of guanidine groups is 1. The van der Waals surface area contributed by atoms with Crippen molar-refractivity contribution in [3.63, 3.8) is 0 Å². The number of thiazole rings is 1. The summed E-state index contributed by atoms with van der Waals surface area (Å²) in [6.45, 7) is 11.6. The summed E-state index contributed by atoms with van der Waals surface area (Å²) < 4.78 is 5.82. The molecule has 1 aliphatic rings. The largest absolute Gasteiger partial charge is 0.492 e. The monoisotopic (exact) mass is 401 g/mol. The molecule has 2 heterocycles. The number of aryl methyl sites for hydroxylation is 1. The van der Waals surface area contributed by atoms with Crippen LogP contribution in [-0.2, 0) is 6.42 Å². The highest BCUT2D eigenvalue weighted by molar-refractivity contribution is 7.11. The molecule has 1 saturated heterocycles. The number of aromatic nitrogens is 1. The van der Waals surface area contributed by atoms with Crippen LogP contribution in [0.25, 0.3) is 0 Å². The molecule has 152 valence electrons. The third-order valence-corrected chi connectivity index (χ3v) is 5.66. The van der Waals surface area contributed by atoms with E-state index < -0.39 is 0 Å². The molecule has 1 aromatic carbocycles. The maximum atomic E-state index is 5.82. The number of rotatable bonds is 8. The number of piperazine rings is 1. The first kappa shape index (κ1) is 20.6. The Labute approximate surface area is 172 Å². The van der Waals surface area contributed by atoms with Crippen molar-refractivity contribution in [1.82, 2.24) is 20.1 Å². The Morgan fingerprint density at radius 2 is 2.00 bits per heavy atom. The van der Waals surface area contributed by atoms with E-state index in [0.29, 0.717) is 0 Å². The standard InChI is InChI=1S/C21H31N5OS/c1-3-22-21(23-10-9-20-24-17-18(2)28-20)26-13-11-25(12-14-26)15-16-27-19-7-5-4-6-8-19/h4-8,17H,3,9-16H2,1-2H3,(H,22,23). The quantitative estimate of drug-likeness (QED) is 0.544. The lowest BCUT2D eigenvalue weighted by Gasteiger charge is -2.36. The van der Waals surface area contributed by atoms with Gasteiger partial charge in [0.1, 0.15) is 12.4 Å². The predicted octanol–water partition coefficient (Wildman–Crippen LogP) is 2.66. The minimum absolute atomic E-state index is 0.728. The maximum Gasteiger partial charge on any atom is 0.194 e. The van der Waals surface area contributed by atoms with Crippen molar-refractivity contribution in [2.45, 2.75) is 20.3 Å². The van der Waals surface area contributed by atoms with E-state index in [1.54, 1.807) is 11.3 Å². The first-order valence-corrected chi connectivity index (χ1v) is 10.9. The van der Waals surface area contributed by atoms with Crippen molar-refractivity contribution in [3.8, 4) is 5.75 Å². The highest BCUT2D eigenvalue weighted by atomic mass is 32.1. The molecule has 2 aromatic rings. The van der Waals surface area contributed by atoms with Crippen LogP contribution >= 0.6 is 11.3 Å². The highest BCUT2D eigenvalue weighted by Crippen LogP contribution is 2.12. The van der Waals surface area contributed by atoms with E-state index in [1.165, 1.54) is 9.88 Å². The van der Waals surface area contributed by atoms with Gasteiger partial charge in [-0.1, -0.05) is 18.2 Å². The van der Waals surface area contributed by atoms with Crippen LogP contribution in [0.15, 0.2) is 41.5 Å². The van der Waals surface area contributed by atoms with Crippen molar-refractivity contribution in [3.05, 3.63) is 46.4 Å². The fourth-order valence-electron chi connectivity index (χ4n) is 3.19. The second-order valence-electron chi connectivity index (χ2n) is 6.84. The molecule has 1 aliphatic heterocycles. The van der Waals surface area contributed by atoms with E-state index in [9.17, 15) is 0 Å². The summed E-state index contributed by atoms with van der Waals surface area (Å²) in [5, 5.41) is 4.61. The average Bonchev–Trinajstić information content (AvgIpc) is 3.14. The average molecular weight is 402 g/mol. The second-order valence-corrected chi connectivity index (χ2v) is 8.16. The highest BCUT2D eigenvalue weighted by Gasteiger charge is 2.19. The summed E-state index contributed by atoms with van der Waals surface area (Å²) in [5.41, 5.74) is 0. The summed E-state index contributed by atoms with van der Waals surface area (Å²) in [4.78, 5) is 15.3. The van der Waals surface area contributed by atoms with Crippen LogP contribution in [0.4, 0.5) is 0 Å². The number of hydrogen-bond acceptors (Lipinski definition) is 5. The van der Waals surface area contributed by atoms with Crippen LogP contribution in [-0.4, -0.2) is 73.2 Å². The molecule has 0 aliphatic carbocycles. The number of aliphatic imine (C=N–C) groups is 1. The van der Waals surface area contributed by atoms with Crippen LogP contribution < -0.4 is 10.1 Å². The molecule has 1 N–H and O–H groups in total. The molecule has 6 nitrogen and oxygen atoms in total. The molecule has 0 spiro atoms. The van der Waals surface area contributed by atoms with E-state index in [0.717, 1.165) is 70.6 Å². The molecule has 0 amide bonds. The Balaban J connectivity index is 1.41. The van der Waals surface area contributed by atoms with Gasteiger partial charge in [0.25, 0.3) is 0 Å². The Hall–Kier alpha value is -2.12. The fraction of sp³-hybridized carbons (Fsp3) is 0.524. The zero-order valence-electron chi connectivity index (χ0n) is 16.9. The van der Waals surface area contributed by atoms with Gasteiger partial charge >= 0.3 is 0 Å². The fourth-order valence-corrected chi connectivity index (χ4v) is 3.97. The third-order valence-electron chi connectivity index (χ3n) is 4.68. The van der Waals surface area contributed by atoms with Gasteiger partial charge < -0.3 is 15.0 Å². The predicted molar refractivity (Wildman–Crippen MR) is 116 cm³/mol. The van der Waals surface area contributed by atoms with Gasteiger partial charge in [0.2, 0.25) is 0 Å². The molecule has 0 saturated carbocycles. The smallest absolute Gasteiger partial charge is 0.194 e. The van der Waals surface area contributed by atoms with E-state index in [-0.39, 0.29) is 0 Å². The van der Waals surface area contributed by atoms with Crippen molar-refractivity contribution < 1.29 is 4.74 Å². The summed E-state index contributed by atoms with van der Waals surface area (Å²) in [7, 11) is 0. The minimum Gasteiger partial charge on any atom is -0.492 e. The van der Waals surface area contributed by atoms with Crippen molar-refractivity contribution >= 4 is 17.3 Å². The zero-order chi connectivity index (χ0) is 19.6. The Morgan fingerprint density at radius 1 is 1.21 bits per heavy atom. The van der Waals surface area contributed by atoms with Crippen LogP contribution in [0.1, 0.15) is 16.8 Å². The van der Waals surface area contributed by atoms with Crippen LogP contribution in [0.2, 0.25) is 0 Å². The van der Waals surface area contributed by atoms with Gasteiger partial charge in [-0.3, -0.25) is 9.89 Å². The van der Waals surface area contributed by atoms with E-state index >= 15 is 0 Å². The second kappa shape index (κ2) is 11.0. The number of ether oxygens (including phenoxy) is 1. The Morgan fingerprint density at radius 3 is 2.68 bits per heavy atom. The Kier molecular flexibility index (Phi) is 8.11. The van der Waals surface area contributed by atoms with Crippen LogP contribution in [0.5, 0.6) is 5.75 Å². The molecule has 3 rings (SSSR count). The first-order valence-electron chi connectivity index (χ1n) is 10.1.